The Hall–Kier alpha value is -2.74. The highest BCUT2D eigenvalue weighted by Gasteiger charge is 2.25. The molecule has 2 heterocycles. The number of fused-ring (bicyclic) bond motifs is 6. The Balaban J connectivity index is 1.66. The van der Waals surface area contributed by atoms with Gasteiger partial charge in [0.1, 0.15) is 0 Å². The van der Waals surface area contributed by atoms with E-state index < -0.39 is 0 Å². The third kappa shape index (κ3) is 3.94. The van der Waals surface area contributed by atoms with Gasteiger partial charge < -0.3 is 28.4 Å². The van der Waals surface area contributed by atoms with E-state index in [1.165, 1.54) is 21.9 Å². The second-order valence-corrected chi connectivity index (χ2v) is 8.45. The highest BCUT2D eigenvalue weighted by atomic mass is 16.7. The van der Waals surface area contributed by atoms with Crippen LogP contribution >= 0.6 is 0 Å². The molecule has 7 nitrogen and oxygen atoms in total. The molecule has 2 aliphatic heterocycles. The molecule has 3 aromatic carbocycles. The van der Waals surface area contributed by atoms with Crippen molar-refractivity contribution in [3.63, 3.8) is 0 Å². The third-order valence-corrected chi connectivity index (χ3v) is 6.78. The number of hydrogen-bond donors (Lipinski definition) is 0. The summed E-state index contributed by atoms with van der Waals surface area (Å²) < 4.78 is 33.8. The van der Waals surface area contributed by atoms with Gasteiger partial charge in [-0.1, -0.05) is 0 Å². The van der Waals surface area contributed by atoms with E-state index in [9.17, 15) is 0 Å². The maximum absolute atomic E-state index is 5.65. The van der Waals surface area contributed by atoms with Gasteiger partial charge in [-0.25, -0.2) is 0 Å². The second-order valence-electron chi connectivity index (χ2n) is 8.45. The number of methoxy groups -OCH3 is 4. The Morgan fingerprint density at radius 1 is 0.727 bits per heavy atom. The van der Waals surface area contributed by atoms with E-state index in [1.54, 1.807) is 28.4 Å². The van der Waals surface area contributed by atoms with E-state index in [2.05, 4.69) is 29.2 Å². The van der Waals surface area contributed by atoms with Crippen LogP contribution in [0.5, 0.6) is 23.0 Å². The van der Waals surface area contributed by atoms with Gasteiger partial charge in [0.25, 0.3) is 0 Å². The normalized spacial score (nSPS) is 16.8. The lowest BCUT2D eigenvalue weighted by molar-refractivity contribution is -0.0520. The van der Waals surface area contributed by atoms with Crippen molar-refractivity contribution in [2.24, 2.45) is 0 Å². The molecule has 0 N–H and O–H groups in total. The van der Waals surface area contributed by atoms with E-state index >= 15 is 0 Å². The van der Waals surface area contributed by atoms with Crippen LogP contribution in [0.3, 0.4) is 0 Å². The van der Waals surface area contributed by atoms with Crippen LogP contribution in [0.15, 0.2) is 24.3 Å². The van der Waals surface area contributed by atoms with Crippen LogP contribution < -0.4 is 18.9 Å². The van der Waals surface area contributed by atoms with Crippen LogP contribution in [0, 0.1) is 0 Å². The Labute approximate surface area is 194 Å². The molecule has 0 atom stereocenters. The predicted molar refractivity (Wildman–Crippen MR) is 127 cm³/mol. The average Bonchev–Trinajstić information content (AvgIpc) is 3.39. The number of hydrogen-bond acceptors (Lipinski definition) is 7. The van der Waals surface area contributed by atoms with E-state index in [-0.39, 0.29) is 6.29 Å². The molecule has 0 bridgehead atoms. The molecule has 7 heteroatoms. The first-order chi connectivity index (χ1) is 16.2. The lowest BCUT2D eigenvalue weighted by Gasteiger charge is -2.32. The van der Waals surface area contributed by atoms with Gasteiger partial charge in [0.15, 0.2) is 29.3 Å². The van der Waals surface area contributed by atoms with Gasteiger partial charge in [-0.05, 0) is 63.4 Å². The minimum atomic E-state index is -0.0826. The zero-order valence-corrected chi connectivity index (χ0v) is 19.7. The molecule has 2 aliphatic rings. The van der Waals surface area contributed by atoms with Gasteiger partial charge in [-0.3, -0.25) is 4.90 Å². The van der Waals surface area contributed by atoms with Crippen molar-refractivity contribution in [3.05, 3.63) is 35.4 Å². The summed E-state index contributed by atoms with van der Waals surface area (Å²) in [6.07, 6.45) is 1.75. The SMILES string of the molecule is COc1cc2c3c(c4cc(OC)c(OC)cc4c2cc1OC)CN(CCC1OCCO1)CC3. The van der Waals surface area contributed by atoms with E-state index in [0.29, 0.717) is 19.0 Å². The molecule has 0 saturated carbocycles. The summed E-state index contributed by atoms with van der Waals surface area (Å²) in [4.78, 5) is 2.48. The maximum atomic E-state index is 5.65. The van der Waals surface area contributed by atoms with Crippen LogP contribution in [0.4, 0.5) is 0 Å². The summed E-state index contributed by atoms with van der Waals surface area (Å²) in [7, 11) is 6.70. The highest BCUT2D eigenvalue weighted by Crippen LogP contribution is 2.44. The summed E-state index contributed by atoms with van der Waals surface area (Å²) >= 11 is 0. The molecule has 0 aromatic heterocycles. The molecule has 1 fully saturated rings. The first-order valence-corrected chi connectivity index (χ1v) is 11.4. The Morgan fingerprint density at radius 3 is 1.73 bits per heavy atom. The van der Waals surface area contributed by atoms with Crippen LogP contribution in [0.25, 0.3) is 21.5 Å². The summed E-state index contributed by atoms with van der Waals surface area (Å²) in [5.74, 6) is 2.90. The molecule has 0 spiro atoms. The fourth-order valence-corrected chi connectivity index (χ4v) is 5.12. The van der Waals surface area contributed by atoms with Crippen molar-refractivity contribution in [2.45, 2.75) is 25.7 Å². The Morgan fingerprint density at radius 2 is 1.21 bits per heavy atom. The van der Waals surface area contributed by atoms with E-state index in [4.69, 9.17) is 28.4 Å². The molecule has 3 aromatic rings. The third-order valence-electron chi connectivity index (χ3n) is 6.78. The highest BCUT2D eigenvalue weighted by molar-refractivity contribution is 6.12. The molecule has 5 rings (SSSR count). The maximum Gasteiger partial charge on any atom is 0.161 e. The van der Waals surface area contributed by atoms with E-state index in [0.717, 1.165) is 60.5 Å². The zero-order valence-electron chi connectivity index (χ0n) is 19.7. The van der Waals surface area contributed by atoms with Gasteiger partial charge in [0, 0.05) is 26.1 Å². The first-order valence-electron chi connectivity index (χ1n) is 11.4. The summed E-state index contributed by atoms with van der Waals surface area (Å²) in [5, 5.41) is 4.63. The molecular formula is C26H31NO6. The molecule has 0 radical (unpaired) electrons. The van der Waals surface area contributed by atoms with E-state index in [1.807, 2.05) is 0 Å². The predicted octanol–water partition coefficient (Wildman–Crippen LogP) is 4.15. The summed E-state index contributed by atoms with van der Waals surface area (Å²) in [5.41, 5.74) is 2.68. The molecular weight excluding hydrogens is 422 g/mol. The number of benzene rings is 3. The Bertz CT molecular complexity index is 1170. The van der Waals surface area contributed by atoms with Crippen molar-refractivity contribution in [1.29, 1.82) is 0 Å². The van der Waals surface area contributed by atoms with Crippen LogP contribution in [0.2, 0.25) is 0 Å². The summed E-state index contributed by atoms with van der Waals surface area (Å²) in [6, 6.07) is 8.36. The average molecular weight is 454 g/mol. The Kier molecular flexibility index (Phi) is 6.19. The van der Waals surface area contributed by atoms with Crippen LogP contribution in [-0.2, 0) is 22.4 Å². The quantitative estimate of drug-likeness (QED) is 0.498. The smallest absolute Gasteiger partial charge is 0.161 e. The lowest BCUT2D eigenvalue weighted by atomic mass is 9.87. The monoisotopic (exact) mass is 453 g/mol. The minimum absolute atomic E-state index is 0.0826. The largest absolute Gasteiger partial charge is 0.493 e. The van der Waals surface area contributed by atoms with Gasteiger partial charge in [0.2, 0.25) is 0 Å². The van der Waals surface area contributed by atoms with Crippen molar-refractivity contribution < 1.29 is 28.4 Å². The molecule has 1 saturated heterocycles. The van der Waals surface area contributed by atoms with Gasteiger partial charge in [-0.2, -0.15) is 0 Å². The summed E-state index contributed by atoms with van der Waals surface area (Å²) in [6.45, 7) is 4.16. The molecule has 0 amide bonds. The van der Waals surface area contributed by atoms with Gasteiger partial charge in [0.05, 0.1) is 41.7 Å². The van der Waals surface area contributed by atoms with Crippen molar-refractivity contribution in [2.75, 3.05) is 54.7 Å². The van der Waals surface area contributed by atoms with Crippen molar-refractivity contribution in [1.82, 2.24) is 4.90 Å². The number of ether oxygens (including phenoxy) is 6. The number of nitrogens with zero attached hydrogens (tertiary/aromatic N) is 1. The van der Waals surface area contributed by atoms with Crippen molar-refractivity contribution >= 4 is 21.5 Å². The molecule has 0 aliphatic carbocycles. The van der Waals surface area contributed by atoms with Crippen LogP contribution in [0.1, 0.15) is 17.5 Å². The zero-order chi connectivity index (χ0) is 22.9. The standard InChI is InChI=1S/C26H31NO6/c1-28-22-11-17-16-5-7-27(8-6-26-32-9-10-33-26)15-21(16)20-14-25(31-4)24(30-3)13-19(20)18(17)12-23(22)29-2/h11-14,26H,5-10,15H2,1-4H3. The topological polar surface area (TPSA) is 58.6 Å². The molecule has 0 unspecified atom stereocenters. The van der Waals surface area contributed by atoms with Crippen molar-refractivity contribution in [3.8, 4) is 23.0 Å². The minimum Gasteiger partial charge on any atom is -0.493 e. The lowest BCUT2D eigenvalue weighted by Crippen LogP contribution is -2.33. The van der Waals surface area contributed by atoms with Gasteiger partial charge >= 0.3 is 0 Å². The molecule has 33 heavy (non-hydrogen) atoms. The fraction of sp³-hybridized carbons (Fsp3) is 0.462. The van der Waals surface area contributed by atoms with Crippen LogP contribution in [-0.4, -0.2) is 65.9 Å². The number of rotatable bonds is 7. The molecule has 176 valence electrons. The first kappa shape index (κ1) is 22.1. The fourth-order valence-electron chi connectivity index (χ4n) is 5.12. The van der Waals surface area contributed by atoms with Gasteiger partial charge in [-0.15, -0.1) is 0 Å². The second kappa shape index (κ2) is 9.25.